The minimum absolute atomic E-state index is 0.400. The second kappa shape index (κ2) is 3.57. The molecule has 4 heteroatoms. The first kappa shape index (κ1) is 8.33. The Morgan fingerprint density at radius 2 is 1.73 bits per heavy atom. The Morgan fingerprint density at radius 1 is 1.27 bits per heavy atom. The largest absolute Gasteiger partial charge is 0.352 e. The summed E-state index contributed by atoms with van der Waals surface area (Å²) < 4.78 is 0. The van der Waals surface area contributed by atoms with Gasteiger partial charge in [-0.3, -0.25) is 0 Å². The van der Waals surface area contributed by atoms with E-state index in [4.69, 9.17) is 11.5 Å². The molecular formula is C7H15N3O. The molecule has 2 saturated carbocycles. The predicted octanol–water partition coefficient (Wildman–Crippen LogP) is -0.0754. The molecule has 2 aliphatic carbocycles. The van der Waals surface area contributed by atoms with E-state index in [-0.39, 0.29) is 0 Å². The third-order valence-electron chi connectivity index (χ3n) is 1.55. The average Bonchev–Trinajstić information content (AvgIpc) is 2.67. The van der Waals surface area contributed by atoms with Crippen molar-refractivity contribution in [2.24, 2.45) is 11.5 Å². The predicted molar refractivity (Wildman–Crippen MR) is 43.0 cm³/mol. The van der Waals surface area contributed by atoms with Gasteiger partial charge in [0.2, 0.25) is 0 Å². The summed E-state index contributed by atoms with van der Waals surface area (Å²) in [6, 6.07) is 0.583. The molecule has 0 spiro atoms. The molecule has 0 unspecified atom stereocenters. The minimum atomic E-state index is -0.400. The van der Waals surface area contributed by atoms with Gasteiger partial charge in [0.1, 0.15) is 0 Å². The van der Waals surface area contributed by atoms with Gasteiger partial charge in [-0.25, -0.2) is 4.79 Å². The molecule has 0 atom stereocenters. The van der Waals surface area contributed by atoms with E-state index in [0.29, 0.717) is 12.1 Å². The number of primary amides is 1. The molecule has 2 fully saturated rings. The summed E-state index contributed by atoms with van der Waals surface area (Å²) in [7, 11) is 0. The van der Waals surface area contributed by atoms with Crippen LogP contribution in [0.1, 0.15) is 25.7 Å². The van der Waals surface area contributed by atoms with Crippen LogP contribution in [-0.2, 0) is 0 Å². The lowest BCUT2D eigenvalue weighted by Gasteiger charge is -1.91. The van der Waals surface area contributed by atoms with Crippen LogP contribution in [0.5, 0.6) is 0 Å². The van der Waals surface area contributed by atoms with Crippen LogP contribution in [0, 0.1) is 0 Å². The van der Waals surface area contributed by atoms with Crippen molar-refractivity contribution in [3.63, 3.8) is 0 Å². The lowest BCUT2D eigenvalue weighted by atomic mass is 10.7. The standard InChI is InChI=1S/C4H8N2O.C3H7N/c5-4(7)6-3-1-2-3;4-3-1-2-3/h3H,1-2H2,(H3,5,6,7);3H,1-2,4H2. The van der Waals surface area contributed by atoms with Crippen molar-refractivity contribution in [3.05, 3.63) is 0 Å². The molecule has 0 aromatic rings. The molecule has 0 radical (unpaired) electrons. The molecule has 5 N–H and O–H groups in total. The first-order valence-corrected chi connectivity index (χ1v) is 4.00. The third-order valence-corrected chi connectivity index (χ3v) is 1.55. The number of hydrogen-bond acceptors (Lipinski definition) is 2. The summed E-state index contributed by atoms with van der Waals surface area (Å²) in [5.74, 6) is 0. The van der Waals surface area contributed by atoms with Crippen molar-refractivity contribution in [1.29, 1.82) is 0 Å². The highest BCUT2D eigenvalue weighted by molar-refractivity contribution is 5.72. The van der Waals surface area contributed by atoms with E-state index in [1.165, 1.54) is 12.8 Å². The smallest absolute Gasteiger partial charge is 0.312 e. The molecule has 2 amide bonds. The highest BCUT2D eigenvalue weighted by Gasteiger charge is 2.21. The number of rotatable bonds is 1. The Morgan fingerprint density at radius 3 is 1.82 bits per heavy atom. The summed E-state index contributed by atoms with van der Waals surface area (Å²) in [5.41, 5.74) is 10.0. The van der Waals surface area contributed by atoms with E-state index in [0.717, 1.165) is 12.8 Å². The molecule has 64 valence electrons. The second-order valence-electron chi connectivity index (χ2n) is 3.12. The number of urea groups is 1. The summed E-state index contributed by atoms with van der Waals surface area (Å²) in [5, 5.41) is 2.56. The lowest BCUT2D eigenvalue weighted by Crippen LogP contribution is -2.30. The van der Waals surface area contributed by atoms with Gasteiger partial charge in [-0.1, -0.05) is 0 Å². The van der Waals surface area contributed by atoms with Gasteiger partial charge in [0.15, 0.2) is 0 Å². The summed E-state index contributed by atoms with van der Waals surface area (Å²) in [6.07, 6.45) is 4.73. The monoisotopic (exact) mass is 157 g/mol. The van der Waals surface area contributed by atoms with E-state index < -0.39 is 6.03 Å². The fraction of sp³-hybridized carbons (Fsp3) is 0.857. The van der Waals surface area contributed by atoms with E-state index in [2.05, 4.69) is 5.32 Å². The number of carbonyl (C=O) groups is 1. The number of nitrogens with two attached hydrogens (primary N) is 2. The van der Waals surface area contributed by atoms with Crippen LogP contribution in [-0.4, -0.2) is 18.1 Å². The maximum Gasteiger partial charge on any atom is 0.312 e. The lowest BCUT2D eigenvalue weighted by molar-refractivity contribution is 0.248. The van der Waals surface area contributed by atoms with Gasteiger partial charge in [0.05, 0.1) is 0 Å². The van der Waals surface area contributed by atoms with Gasteiger partial charge in [-0.2, -0.15) is 0 Å². The molecule has 0 bridgehead atoms. The Labute approximate surface area is 66.3 Å². The van der Waals surface area contributed by atoms with Gasteiger partial charge < -0.3 is 16.8 Å². The van der Waals surface area contributed by atoms with Crippen LogP contribution >= 0.6 is 0 Å². The van der Waals surface area contributed by atoms with E-state index in [9.17, 15) is 4.79 Å². The Bertz CT molecular complexity index is 141. The van der Waals surface area contributed by atoms with Crippen LogP contribution < -0.4 is 16.8 Å². The fourth-order valence-corrected chi connectivity index (χ4v) is 0.525. The van der Waals surface area contributed by atoms with Crippen LogP contribution in [0.3, 0.4) is 0 Å². The maximum absolute atomic E-state index is 9.96. The van der Waals surface area contributed by atoms with Gasteiger partial charge in [0, 0.05) is 12.1 Å². The minimum Gasteiger partial charge on any atom is -0.352 e. The molecule has 0 heterocycles. The number of carbonyl (C=O) groups excluding carboxylic acids is 1. The van der Waals surface area contributed by atoms with E-state index >= 15 is 0 Å². The molecule has 0 saturated heterocycles. The number of nitrogens with one attached hydrogen (secondary N) is 1. The zero-order valence-electron chi connectivity index (χ0n) is 6.55. The topological polar surface area (TPSA) is 81.1 Å². The molecule has 2 rings (SSSR count). The van der Waals surface area contributed by atoms with Crippen molar-refractivity contribution in [3.8, 4) is 0 Å². The summed E-state index contributed by atoms with van der Waals surface area (Å²) in [4.78, 5) is 9.96. The molecule has 0 aromatic heterocycles. The molecule has 0 aliphatic heterocycles. The van der Waals surface area contributed by atoms with E-state index in [1.54, 1.807) is 0 Å². The quantitative estimate of drug-likeness (QED) is 0.497. The van der Waals surface area contributed by atoms with Crippen LogP contribution in [0.15, 0.2) is 0 Å². The van der Waals surface area contributed by atoms with Gasteiger partial charge in [-0.15, -0.1) is 0 Å². The first-order valence-electron chi connectivity index (χ1n) is 4.00. The Balaban J connectivity index is 0.000000128. The maximum atomic E-state index is 9.96. The zero-order chi connectivity index (χ0) is 8.27. The van der Waals surface area contributed by atoms with Gasteiger partial charge in [0.25, 0.3) is 0 Å². The number of hydrogen-bond donors (Lipinski definition) is 3. The average molecular weight is 157 g/mol. The Hall–Kier alpha value is -0.770. The van der Waals surface area contributed by atoms with Crippen molar-refractivity contribution in [2.75, 3.05) is 0 Å². The zero-order valence-corrected chi connectivity index (χ0v) is 6.55. The van der Waals surface area contributed by atoms with Crippen molar-refractivity contribution >= 4 is 6.03 Å². The summed E-state index contributed by atoms with van der Waals surface area (Å²) >= 11 is 0. The molecule has 0 aromatic carbocycles. The van der Waals surface area contributed by atoms with Crippen LogP contribution in [0.2, 0.25) is 0 Å². The van der Waals surface area contributed by atoms with E-state index in [1.807, 2.05) is 0 Å². The van der Waals surface area contributed by atoms with Crippen molar-refractivity contribution < 1.29 is 4.79 Å². The molecule has 4 nitrogen and oxygen atoms in total. The first-order chi connectivity index (χ1) is 5.18. The fourth-order valence-electron chi connectivity index (χ4n) is 0.525. The number of amides is 2. The third kappa shape index (κ3) is 5.66. The SMILES string of the molecule is NC(=O)NC1CC1.NC1CC1. The summed E-state index contributed by atoms with van der Waals surface area (Å²) in [6.45, 7) is 0. The molecule has 2 aliphatic rings. The van der Waals surface area contributed by atoms with Gasteiger partial charge in [-0.05, 0) is 25.7 Å². The molecular weight excluding hydrogens is 142 g/mol. The van der Waals surface area contributed by atoms with Crippen molar-refractivity contribution in [1.82, 2.24) is 5.32 Å². The van der Waals surface area contributed by atoms with Crippen LogP contribution in [0.4, 0.5) is 4.79 Å². The highest BCUT2D eigenvalue weighted by atomic mass is 16.2. The van der Waals surface area contributed by atoms with Crippen molar-refractivity contribution in [2.45, 2.75) is 37.8 Å². The normalized spacial score (nSPS) is 21.5. The van der Waals surface area contributed by atoms with Gasteiger partial charge >= 0.3 is 6.03 Å². The second-order valence-corrected chi connectivity index (χ2v) is 3.12. The van der Waals surface area contributed by atoms with Crippen LogP contribution in [0.25, 0.3) is 0 Å². The highest BCUT2D eigenvalue weighted by Crippen LogP contribution is 2.17. The molecule has 11 heavy (non-hydrogen) atoms. The Kier molecular flexibility index (Phi) is 2.70.